The summed E-state index contributed by atoms with van der Waals surface area (Å²) in [6.45, 7) is 0.735. The van der Waals surface area contributed by atoms with Gasteiger partial charge >= 0.3 is 0 Å². The first kappa shape index (κ1) is 22.3. The van der Waals surface area contributed by atoms with E-state index in [0.717, 1.165) is 25.7 Å². The fourth-order valence-electron chi connectivity index (χ4n) is 4.62. The van der Waals surface area contributed by atoms with Crippen LogP contribution in [-0.4, -0.2) is 66.8 Å². The van der Waals surface area contributed by atoms with Crippen LogP contribution in [0.4, 0.5) is 0 Å². The molecule has 0 bridgehead atoms. The summed E-state index contributed by atoms with van der Waals surface area (Å²) < 4.78 is 33.2. The Labute approximate surface area is 171 Å². The van der Waals surface area contributed by atoms with E-state index in [-0.39, 0.29) is 23.4 Å². The number of hydrogen-bond acceptors (Lipinski definition) is 7. The summed E-state index contributed by atoms with van der Waals surface area (Å²) in [4.78, 5) is 20.3. The molecule has 1 aromatic rings. The molecule has 2 fully saturated rings. The van der Waals surface area contributed by atoms with Gasteiger partial charge in [0, 0.05) is 18.9 Å². The van der Waals surface area contributed by atoms with Crippen LogP contribution in [0.1, 0.15) is 32.1 Å². The monoisotopic (exact) mass is 431 g/mol. The van der Waals surface area contributed by atoms with Gasteiger partial charge in [-0.1, -0.05) is 0 Å². The van der Waals surface area contributed by atoms with E-state index >= 15 is 0 Å². The first-order chi connectivity index (χ1) is 13.8. The van der Waals surface area contributed by atoms with E-state index < -0.39 is 13.9 Å². The van der Waals surface area contributed by atoms with Gasteiger partial charge in [0.1, 0.15) is 24.4 Å². The van der Waals surface area contributed by atoms with E-state index in [1.807, 2.05) is 6.07 Å². The number of likely N-dealkylation sites (tertiary alicyclic amines) is 1. The second-order valence-corrected chi connectivity index (χ2v) is 9.01. The summed E-state index contributed by atoms with van der Waals surface area (Å²) in [5.41, 5.74) is 0. The van der Waals surface area contributed by atoms with Crippen molar-refractivity contribution in [2.45, 2.75) is 50.4 Å². The number of ether oxygens (including phenoxy) is 3. The smallest absolute Gasteiger partial charge is 0.269 e. The molecule has 1 heterocycles. The zero-order valence-corrected chi connectivity index (χ0v) is 17.8. The van der Waals surface area contributed by atoms with Crippen molar-refractivity contribution in [2.75, 3.05) is 34.0 Å². The zero-order valence-electron chi connectivity index (χ0n) is 16.9. The Balaban J connectivity index is 1.82. The van der Waals surface area contributed by atoms with E-state index in [0.29, 0.717) is 36.8 Å². The van der Waals surface area contributed by atoms with Crippen LogP contribution in [0.2, 0.25) is 0 Å². The van der Waals surface area contributed by atoms with Crippen LogP contribution >= 0.6 is 7.82 Å². The van der Waals surface area contributed by atoms with Gasteiger partial charge in [-0.2, -0.15) is 0 Å². The first-order valence-electron chi connectivity index (χ1n) is 9.87. The number of methoxy groups -OCH3 is 2. The maximum atomic E-state index is 11.2. The molecule has 1 aromatic carbocycles. The highest BCUT2D eigenvalue weighted by Crippen LogP contribution is 2.40. The fraction of sp³-hybridized carbons (Fsp3) is 0.684. The van der Waals surface area contributed by atoms with Crippen molar-refractivity contribution in [3.63, 3.8) is 0 Å². The highest BCUT2D eigenvalue weighted by atomic mass is 31.2. The molecular weight excluding hydrogens is 401 g/mol. The molecule has 5 atom stereocenters. The van der Waals surface area contributed by atoms with Crippen molar-refractivity contribution in [2.24, 2.45) is 0 Å². The Hall–Kier alpha value is -1.35. The highest BCUT2D eigenvalue weighted by molar-refractivity contribution is 7.44. The molecule has 10 heteroatoms. The maximum absolute atomic E-state index is 11.2. The molecule has 3 rings (SSSR count). The first-order valence-corrected chi connectivity index (χ1v) is 11.4. The quantitative estimate of drug-likeness (QED) is 0.469. The lowest BCUT2D eigenvalue weighted by molar-refractivity contribution is -0.959. The Morgan fingerprint density at radius 1 is 1.17 bits per heavy atom. The van der Waals surface area contributed by atoms with Crippen molar-refractivity contribution in [3.8, 4) is 17.2 Å². The average molecular weight is 431 g/mol. The number of quaternary nitrogens is 1. The van der Waals surface area contributed by atoms with Gasteiger partial charge in [-0.05, 0) is 31.4 Å². The van der Waals surface area contributed by atoms with Crippen molar-refractivity contribution in [3.05, 3.63) is 18.2 Å². The minimum Gasteiger partial charge on any atom is -0.756 e. The number of rotatable bonds is 8. The summed E-state index contributed by atoms with van der Waals surface area (Å²) in [5, 5.41) is 10.2. The SMILES string of the molecule is COc1ccc(O[C@H]2CCCC[C@@H]2[N@@+]2(COP(=O)([O-])O)CC[C@H](O)C2)cc1OC. The van der Waals surface area contributed by atoms with Gasteiger partial charge in [0.05, 0.1) is 20.8 Å². The number of aliphatic hydroxyl groups excluding tert-OH is 1. The van der Waals surface area contributed by atoms with Crippen molar-refractivity contribution >= 4 is 7.82 Å². The van der Waals surface area contributed by atoms with Crippen LogP contribution in [0.3, 0.4) is 0 Å². The van der Waals surface area contributed by atoms with E-state index in [1.165, 1.54) is 0 Å². The van der Waals surface area contributed by atoms with Gasteiger partial charge in [-0.3, -0.25) is 13.6 Å². The number of nitrogens with zero attached hydrogens (tertiary/aromatic N) is 1. The second-order valence-electron chi connectivity index (χ2n) is 7.82. The largest absolute Gasteiger partial charge is 0.756 e. The molecule has 164 valence electrons. The molecule has 0 radical (unpaired) electrons. The normalized spacial score (nSPS) is 31.8. The van der Waals surface area contributed by atoms with E-state index in [9.17, 15) is 14.6 Å². The molecule has 1 aliphatic heterocycles. The van der Waals surface area contributed by atoms with Crippen LogP contribution in [0, 0.1) is 0 Å². The minimum absolute atomic E-state index is 0.0550. The molecule has 0 aromatic heterocycles. The Morgan fingerprint density at radius 2 is 1.90 bits per heavy atom. The molecule has 1 saturated heterocycles. The summed E-state index contributed by atoms with van der Waals surface area (Å²) in [6, 6.07) is 5.30. The second kappa shape index (κ2) is 9.20. The standard InChI is InChI=1S/C19H30NO8P/c1-25-18-8-7-15(11-19(18)26-2)28-17-6-4-3-5-16(17)20(10-9-14(21)12-20)13-27-29(22,23)24/h7-8,11,14,16-17,21H,3-6,9-10,12-13H2,1-2H3,(H-,22,23,24)/t14-,16-,17-,20-/m0/s1. The predicted octanol–water partition coefficient (Wildman–Crippen LogP) is 1.41. The van der Waals surface area contributed by atoms with Gasteiger partial charge in [0.25, 0.3) is 7.82 Å². The van der Waals surface area contributed by atoms with Gasteiger partial charge in [-0.15, -0.1) is 0 Å². The van der Waals surface area contributed by atoms with Gasteiger partial charge < -0.3 is 29.1 Å². The molecule has 1 unspecified atom stereocenters. The molecule has 29 heavy (non-hydrogen) atoms. The highest BCUT2D eigenvalue weighted by Gasteiger charge is 2.49. The predicted molar refractivity (Wildman–Crippen MR) is 103 cm³/mol. The molecule has 2 N–H and O–H groups in total. The minimum atomic E-state index is -4.86. The Bertz CT molecular complexity index is 741. The van der Waals surface area contributed by atoms with Gasteiger partial charge in [0.2, 0.25) is 0 Å². The third-order valence-corrected chi connectivity index (χ3v) is 6.42. The van der Waals surface area contributed by atoms with Crippen LogP contribution in [0.5, 0.6) is 17.2 Å². The van der Waals surface area contributed by atoms with Crippen molar-refractivity contribution in [1.29, 1.82) is 0 Å². The Morgan fingerprint density at radius 3 is 2.52 bits per heavy atom. The molecule has 9 nitrogen and oxygen atoms in total. The number of hydrogen-bond donors (Lipinski definition) is 2. The Kier molecular flexibility index (Phi) is 7.09. The van der Waals surface area contributed by atoms with E-state index in [4.69, 9.17) is 23.6 Å². The van der Waals surface area contributed by atoms with Crippen LogP contribution in [0.15, 0.2) is 18.2 Å². The molecule has 0 spiro atoms. The third-order valence-electron chi connectivity index (χ3n) is 5.97. The summed E-state index contributed by atoms with van der Waals surface area (Å²) >= 11 is 0. The molecular formula is C19H30NO8P. The van der Waals surface area contributed by atoms with Gasteiger partial charge in [-0.25, -0.2) is 0 Å². The lowest BCUT2D eigenvalue weighted by Crippen LogP contribution is -2.61. The number of aliphatic hydroxyl groups is 1. The van der Waals surface area contributed by atoms with Crippen molar-refractivity contribution in [1.82, 2.24) is 0 Å². The lowest BCUT2D eigenvalue weighted by atomic mass is 9.89. The fourth-order valence-corrected chi connectivity index (χ4v) is 4.99. The summed E-state index contributed by atoms with van der Waals surface area (Å²) in [7, 11) is -1.73. The average Bonchev–Trinajstić information content (AvgIpc) is 3.08. The van der Waals surface area contributed by atoms with Gasteiger partial charge in [0.15, 0.2) is 24.3 Å². The zero-order chi connectivity index (χ0) is 21.1. The lowest BCUT2D eigenvalue weighted by Gasteiger charge is -2.46. The van der Waals surface area contributed by atoms with Crippen LogP contribution in [0.25, 0.3) is 0 Å². The molecule has 1 saturated carbocycles. The number of phosphoric ester groups is 1. The van der Waals surface area contributed by atoms with Crippen LogP contribution in [-0.2, 0) is 9.09 Å². The topological polar surface area (TPSA) is 118 Å². The molecule has 0 amide bonds. The maximum Gasteiger partial charge on any atom is 0.269 e. The molecule has 2 aliphatic rings. The number of benzene rings is 1. The summed E-state index contributed by atoms with van der Waals surface area (Å²) in [6.07, 6.45) is 3.45. The van der Waals surface area contributed by atoms with E-state index in [2.05, 4.69) is 0 Å². The van der Waals surface area contributed by atoms with E-state index in [1.54, 1.807) is 26.4 Å². The third kappa shape index (κ3) is 5.42. The summed E-state index contributed by atoms with van der Waals surface area (Å²) in [5.74, 6) is 1.80. The number of phosphoric acid groups is 1. The van der Waals surface area contributed by atoms with Crippen molar-refractivity contribution < 1.29 is 42.7 Å². The van der Waals surface area contributed by atoms with Crippen LogP contribution < -0.4 is 19.1 Å². The molecule has 1 aliphatic carbocycles.